The van der Waals surface area contributed by atoms with E-state index in [1.165, 1.54) is 0 Å². The number of hydrogen-bond donors (Lipinski definition) is 0. The fourth-order valence-electron chi connectivity index (χ4n) is 0.952. The zero-order chi connectivity index (χ0) is 9.90. The molecule has 0 aliphatic rings. The summed E-state index contributed by atoms with van der Waals surface area (Å²) >= 11 is 0. The van der Waals surface area contributed by atoms with E-state index in [0.29, 0.717) is 6.54 Å². The van der Waals surface area contributed by atoms with Gasteiger partial charge in [0, 0.05) is 17.8 Å². The van der Waals surface area contributed by atoms with Crippen molar-refractivity contribution in [2.75, 3.05) is 0 Å². The van der Waals surface area contributed by atoms with Crippen LogP contribution in [0.2, 0.25) is 0 Å². The van der Waals surface area contributed by atoms with Gasteiger partial charge in [0.25, 0.3) is 0 Å². The molecule has 0 fully saturated rings. The van der Waals surface area contributed by atoms with Gasteiger partial charge in [0.05, 0.1) is 6.54 Å². The van der Waals surface area contributed by atoms with Gasteiger partial charge in [-0.25, -0.2) is 0 Å². The highest BCUT2D eigenvalue weighted by Gasteiger charge is 2.24. The van der Waals surface area contributed by atoms with Crippen molar-refractivity contribution in [1.29, 1.82) is 0 Å². The molecule has 0 amide bonds. The Balaban J connectivity index is 2.61. The molecule has 0 atom stereocenters. The SMILES string of the molecule is CCC(C)(C)C(=O)Cn1cccn1. The summed E-state index contributed by atoms with van der Waals surface area (Å²) in [6, 6.07) is 1.83. The van der Waals surface area contributed by atoms with Crippen molar-refractivity contribution < 1.29 is 4.79 Å². The van der Waals surface area contributed by atoms with E-state index in [9.17, 15) is 4.79 Å². The number of ketones is 1. The number of Topliss-reactive ketones (excluding diaryl/α,β-unsaturated/α-hetero) is 1. The molecule has 0 aromatic carbocycles. The van der Waals surface area contributed by atoms with Gasteiger partial charge in [-0.15, -0.1) is 0 Å². The van der Waals surface area contributed by atoms with Gasteiger partial charge in [0.1, 0.15) is 0 Å². The molecule has 0 saturated carbocycles. The monoisotopic (exact) mass is 180 g/mol. The molecular weight excluding hydrogens is 164 g/mol. The Kier molecular flexibility index (Phi) is 2.86. The lowest BCUT2D eigenvalue weighted by atomic mass is 9.85. The molecular formula is C10H16N2O. The Morgan fingerprint density at radius 2 is 2.23 bits per heavy atom. The number of rotatable bonds is 4. The second-order valence-electron chi connectivity index (χ2n) is 3.86. The molecule has 1 aromatic rings. The molecule has 1 rings (SSSR count). The lowest BCUT2D eigenvalue weighted by Crippen LogP contribution is -2.27. The molecule has 0 aliphatic heterocycles. The molecule has 0 saturated heterocycles. The van der Waals surface area contributed by atoms with Crippen molar-refractivity contribution in [2.45, 2.75) is 33.7 Å². The molecule has 0 spiro atoms. The van der Waals surface area contributed by atoms with E-state index in [-0.39, 0.29) is 11.2 Å². The summed E-state index contributed by atoms with van der Waals surface area (Å²) in [5, 5.41) is 4.00. The minimum Gasteiger partial charge on any atom is -0.297 e. The average molecular weight is 180 g/mol. The standard InChI is InChI=1S/C10H16N2O/c1-4-10(2,3)9(13)8-12-7-5-6-11-12/h5-7H,4,8H2,1-3H3. The van der Waals surface area contributed by atoms with Gasteiger partial charge in [0.2, 0.25) is 0 Å². The maximum Gasteiger partial charge on any atom is 0.159 e. The van der Waals surface area contributed by atoms with Crippen LogP contribution in [0.25, 0.3) is 0 Å². The molecule has 0 bridgehead atoms. The Labute approximate surface area is 78.8 Å². The predicted octanol–water partition coefficient (Wildman–Crippen LogP) is 1.89. The lowest BCUT2D eigenvalue weighted by Gasteiger charge is -2.20. The van der Waals surface area contributed by atoms with Crippen LogP contribution in [-0.2, 0) is 11.3 Å². The maximum absolute atomic E-state index is 11.7. The van der Waals surface area contributed by atoms with E-state index < -0.39 is 0 Å². The summed E-state index contributed by atoms with van der Waals surface area (Å²) < 4.78 is 1.67. The first kappa shape index (κ1) is 9.96. The number of carbonyl (C=O) groups excluding carboxylic acids is 1. The van der Waals surface area contributed by atoms with Crippen molar-refractivity contribution >= 4 is 5.78 Å². The van der Waals surface area contributed by atoms with E-state index in [2.05, 4.69) is 5.10 Å². The maximum atomic E-state index is 11.7. The summed E-state index contributed by atoms with van der Waals surface area (Å²) in [5.41, 5.74) is -0.230. The van der Waals surface area contributed by atoms with E-state index in [0.717, 1.165) is 6.42 Å². The molecule has 0 unspecified atom stereocenters. The van der Waals surface area contributed by atoms with Crippen LogP contribution in [0.1, 0.15) is 27.2 Å². The summed E-state index contributed by atoms with van der Waals surface area (Å²) in [4.78, 5) is 11.7. The molecule has 72 valence electrons. The second-order valence-corrected chi connectivity index (χ2v) is 3.86. The first-order valence-electron chi connectivity index (χ1n) is 4.57. The molecule has 13 heavy (non-hydrogen) atoms. The van der Waals surface area contributed by atoms with Crippen LogP contribution in [0.5, 0.6) is 0 Å². The van der Waals surface area contributed by atoms with E-state index in [1.807, 2.05) is 33.0 Å². The lowest BCUT2D eigenvalue weighted by molar-refractivity contribution is -0.128. The highest BCUT2D eigenvalue weighted by molar-refractivity contribution is 5.83. The van der Waals surface area contributed by atoms with Crippen molar-refractivity contribution in [3.63, 3.8) is 0 Å². The van der Waals surface area contributed by atoms with Crippen molar-refractivity contribution in [3.8, 4) is 0 Å². The minimum absolute atomic E-state index is 0.230. The normalized spacial score (nSPS) is 11.6. The van der Waals surface area contributed by atoms with Gasteiger partial charge in [-0.3, -0.25) is 9.48 Å². The molecule has 3 heteroatoms. The number of nitrogens with zero attached hydrogens (tertiary/aromatic N) is 2. The van der Waals surface area contributed by atoms with E-state index in [1.54, 1.807) is 10.9 Å². The fraction of sp³-hybridized carbons (Fsp3) is 0.600. The van der Waals surface area contributed by atoms with Crippen LogP contribution < -0.4 is 0 Å². The van der Waals surface area contributed by atoms with Gasteiger partial charge >= 0.3 is 0 Å². The molecule has 0 N–H and O–H groups in total. The fourth-order valence-corrected chi connectivity index (χ4v) is 0.952. The topological polar surface area (TPSA) is 34.9 Å². The predicted molar refractivity (Wildman–Crippen MR) is 51.3 cm³/mol. The zero-order valence-corrected chi connectivity index (χ0v) is 8.45. The Morgan fingerprint density at radius 3 is 2.69 bits per heavy atom. The van der Waals surface area contributed by atoms with Crippen LogP contribution in [0.15, 0.2) is 18.5 Å². The van der Waals surface area contributed by atoms with Crippen molar-refractivity contribution in [3.05, 3.63) is 18.5 Å². The Hall–Kier alpha value is -1.12. The molecule has 1 heterocycles. The summed E-state index contributed by atoms with van der Waals surface area (Å²) in [7, 11) is 0. The second kappa shape index (κ2) is 3.73. The largest absolute Gasteiger partial charge is 0.297 e. The van der Waals surface area contributed by atoms with Crippen molar-refractivity contribution in [2.24, 2.45) is 5.41 Å². The van der Waals surface area contributed by atoms with Crippen LogP contribution in [-0.4, -0.2) is 15.6 Å². The summed E-state index contributed by atoms with van der Waals surface area (Å²) in [5.74, 6) is 0.235. The Bertz CT molecular complexity index is 275. The molecule has 3 nitrogen and oxygen atoms in total. The number of aromatic nitrogens is 2. The highest BCUT2D eigenvalue weighted by atomic mass is 16.1. The van der Waals surface area contributed by atoms with E-state index >= 15 is 0 Å². The highest BCUT2D eigenvalue weighted by Crippen LogP contribution is 2.21. The number of hydrogen-bond acceptors (Lipinski definition) is 2. The third kappa shape index (κ3) is 2.41. The van der Waals surface area contributed by atoms with Gasteiger partial charge in [0.15, 0.2) is 5.78 Å². The minimum atomic E-state index is -0.230. The van der Waals surface area contributed by atoms with Gasteiger partial charge in [-0.05, 0) is 12.5 Å². The molecule has 1 aromatic heterocycles. The van der Waals surface area contributed by atoms with Crippen LogP contribution in [0, 0.1) is 5.41 Å². The third-order valence-corrected chi connectivity index (χ3v) is 2.50. The first-order valence-corrected chi connectivity index (χ1v) is 4.57. The summed E-state index contributed by atoms with van der Waals surface area (Å²) in [6.07, 6.45) is 4.36. The molecule has 0 radical (unpaired) electrons. The molecule has 0 aliphatic carbocycles. The van der Waals surface area contributed by atoms with E-state index in [4.69, 9.17) is 0 Å². The van der Waals surface area contributed by atoms with Crippen LogP contribution in [0.3, 0.4) is 0 Å². The van der Waals surface area contributed by atoms with Crippen LogP contribution >= 0.6 is 0 Å². The quantitative estimate of drug-likeness (QED) is 0.709. The first-order chi connectivity index (χ1) is 6.06. The zero-order valence-electron chi connectivity index (χ0n) is 8.45. The number of carbonyl (C=O) groups is 1. The average Bonchev–Trinajstić information content (AvgIpc) is 2.57. The smallest absolute Gasteiger partial charge is 0.159 e. The van der Waals surface area contributed by atoms with Gasteiger partial charge < -0.3 is 0 Å². The van der Waals surface area contributed by atoms with Crippen LogP contribution in [0.4, 0.5) is 0 Å². The van der Waals surface area contributed by atoms with Gasteiger partial charge in [-0.2, -0.15) is 5.10 Å². The summed E-state index contributed by atoms with van der Waals surface area (Å²) in [6.45, 7) is 6.35. The van der Waals surface area contributed by atoms with Gasteiger partial charge in [-0.1, -0.05) is 20.8 Å². The third-order valence-electron chi connectivity index (χ3n) is 2.50. The van der Waals surface area contributed by atoms with Crippen molar-refractivity contribution in [1.82, 2.24) is 9.78 Å². The Morgan fingerprint density at radius 1 is 1.54 bits per heavy atom.